The molecule has 118 valence electrons. The molecule has 0 saturated heterocycles. The van der Waals surface area contributed by atoms with Crippen LogP contribution in [0.25, 0.3) is 0 Å². The Kier molecular flexibility index (Phi) is 4.21. The van der Waals surface area contributed by atoms with Crippen molar-refractivity contribution in [3.05, 3.63) is 59.1 Å². The van der Waals surface area contributed by atoms with Crippen molar-refractivity contribution in [3.8, 4) is 5.75 Å². The van der Waals surface area contributed by atoms with Gasteiger partial charge < -0.3 is 14.7 Å². The van der Waals surface area contributed by atoms with Gasteiger partial charge in [0, 0.05) is 5.02 Å². The van der Waals surface area contributed by atoms with Crippen molar-refractivity contribution in [3.63, 3.8) is 0 Å². The van der Waals surface area contributed by atoms with Gasteiger partial charge in [-0.15, -0.1) is 0 Å². The first-order chi connectivity index (χ1) is 11.0. The molecular formula is C17H14ClNO4. The molecule has 0 aromatic heterocycles. The Balaban J connectivity index is 1.98. The monoisotopic (exact) mass is 331 g/mol. The van der Waals surface area contributed by atoms with Crippen LogP contribution in [0, 0.1) is 0 Å². The number of carboxylic acids is 1. The summed E-state index contributed by atoms with van der Waals surface area (Å²) in [4.78, 5) is 25.1. The quantitative estimate of drug-likeness (QED) is 0.934. The lowest BCUT2D eigenvalue weighted by Crippen LogP contribution is -2.46. The standard InChI is InChI=1S/C17H14ClNO4/c18-12-6-7-14-13(8-12)19(10-11-4-2-1-3-5-11)17(22)15(23-14)9-16(20)21/h1-8,15H,9-10H2,(H,20,21). The molecule has 1 atom stereocenters. The first-order valence-electron chi connectivity index (χ1n) is 7.08. The number of carbonyl (C=O) groups is 2. The molecule has 1 heterocycles. The number of aliphatic carboxylic acids is 1. The number of rotatable bonds is 4. The van der Waals surface area contributed by atoms with Gasteiger partial charge in [0.05, 0.1) is 18.7 Å². The second kappa shape index (κ2) is 6.30. The van der Waals surface area contributed by atoms with E-state index in [-0.39, 0.29) is 12.3 Å². The van der Waals surface area contributed by atoms with Crippen molar-refractivity contribution in [1.82, 2.24) is 0 Å². The molecule has 1 aliphatic heterocycles. The van der Waals surface area contributed by atoms with Crippen molar-refractivity contribution < 1.29 is 19.4 Å². The highest BCUT2D eigenvalue weighted by molar-refractivity contribution is 6.31. The van der Waals surface area contributed by atoms with Crippen molar-refractivity contribution in [2.75, 3.05) is 4.90 Å². The van der Waals surface area contributed by atoms with Gasteiger partial charge in [0.15, 0.2) is 6.10 Å². The number of amides is 1. The highest BCUT2D eigenvalue weighted by atomic mass is 35.5. The molecule has 0 spiro atoms. The van der Waals surface area contributed by atoms with Crippen LogP contribution in [0.15, 0.2) is 48.5 Å². The molecule has 1 unspecified atom stereocenters. The highest BCUT2D eigenvalue weighted by Crippen LogP contribution is 2.37. The second-order valence-electron chi connectivity index (χ2n) is 5.23. The van der Waals surface area contributed by atoms with E-state index in [2.05, 4.69) is 0 Å². The molecule has 0 bridgehead atoms. The second-order valence-corrected chi connectivity index (χ2v) is 5.66. The van der Waals surface area contributed by atoms with E-state index < -0.39 is 12.1 Å². The fraction of sp³-hybridized carbons (Fsp3) is 0.176. The summed E-state index contributed by atoms with van der Waals surface area (Å²) in [5.41, 5.74) is 1.48. The Bertz CT molecular complexity index is 748. The topological polar surface area (TPSA) is 66.8 Å². The lowest BCUT2D eigenvalue weighted by molar-refractivity contribution is -0.142. The Morgan fingerprint density at radius 2 is 1.96 bits per heavy atom. The summed E-state index contributed by atoms with van der Waals surface area (Å²) in [6.07, 6.45) is -1.42. The lowest BCUT2D eigenvalue weighted by atomic mass is 10.1. The number of nitrogens with zero attached hydrogens (tertiary/aromatic N) is 1. The van der Waals surface area contributed by atoms with Gasteiger partial charge in [-0.25, -0.2) is 0 Å². The first kappa shape index (κ1) is 15.4. The van der Waals surface area contributed by atoms with E-state index in [1.54, 1.807) is 18.2 Å². The SMILES string of the molecule is O=C(O)CC1Oc2ccc(Cl)cc2N(Cc2ccccc2)C1=O. The van der Waals surface area contributed by atoms with E-state index in [4.69, 9.17) is 21.4 Å². The van der Waals surface area contributed by atoms with Crippen molar-refractivity contribution >= 4 is 29.2 Å². The van der Waals surface area contributed by atoms with Gasteiger partial charge in [-0.1, -0.05) is 41.9 Å². The van der Waals surface area contributed by atoms with Crippen LogP contribution in [0.5, 0.6) is 5.75 Å². The Labute approximate surface area is 138 Å². The average molecular weight is 332 g/mol. The number of hydrogen-bond donors (Lipinski definition) is 1. The molecule has 5 nitrogen and oxygen atoms in total. The van der Waals surface area contributed by atoms with Crippen molar-refractivity contribution in [2.24, 2.45) is 0 Å². The minimum absolute atomic E-state index is 0.326. The van der Waals surface area contributed by atoms with Crippen LogP contribution in [-0.2, 0) is 16.1 Å². The molecule has 1 aliphatic rings. The molecule has 23 heavy (non-hydrogen) atoms. The molecule has 0 saturated carbocycles. The predicted molar refractivity (Wildman–Crippen MR) is 85.8 cm³/mol. The summed E-state index contributed by atoms with van der Waals surface area (Å²) < 4.78 is 5.55. The Morgan fingerprint density at radius 3 is 2.65 bits per heavy atom. The molecule has 0 fully saturated rings. The summed E-state index contributed by atoms with van der Waals surface area (Å²) in [5, 5.41) is 9.46. The van der Waals surface area contributed by atoms with E-state index in [9.17, 15) is 9.59 Å². The number of carbonyl (C=O) groups excluding carboxylic acids is 1. The van der Waals surface area contributed by atoms with E-state index in [0.29, 0.717) is 23.0 Å². The number of anilines is 1. The van der Waals surface area contributed by atoms with Crippen LogP contribution in [0.1, 0.15) is 12.0 Å². The minimum Gasteiger partial charge on any atom is -0.481 e. The number of ether oxygens (including phenoxy) is 1. The zero-order valence-corrected chi connectivity index (χ0v) is 12.9. The van der Waals surface area contributed by atoms with Crippen LogP contribution >= 0.6 is 11.6 Å². The Hall–Kier alpha value is -2.53. The van der Waals surface area contributed by atoms with Gasteiger partial charge >= 0.3 is 5.97 Å². The average Bonchev–Trinajstić information content (AvgIpc) is 2.52. The van der Waals surface area contributed by atoms with E-state index in [1.165, 1.54) is 4.90 Å². The molecule has 6 heteroatoms. The van der Waals surface area contributed by atoms with Crippen molar-refractivity contribution in [1.29, 1.82) is 0 Å². The van der Waals surface area contributed by atoms with Gasteiger partial charge in [0.25, 0.3) is 5.91 Å². The Morgan fingerprint density at radius 1 is 1.22 bits per heavy atom. The van der Waals surface area contributed by atoms with Crippen LogP contribution in [-0.4, -0.2) is 23.1 Å². The predicted octanol–water partition coefficient (Wildman–Crippen LogP) is 3.11. The maximum Gasteiger partial charge on any atom is 0.307 e. The van der Waals surface area contributed by atoms with Gasteiger partial charge in [0.2, 0.25) is 0 Å². The van der Waals surface area contributed by atoms with Crippen LogP contribution in [0.2, 0.25) is 5.02 Å². The zero-order chi connectivity index (χ0) is 16.4. The van der Waals surface area contributed by atoms with E-state index >= 15 is 0 Å². The number of fused-ring (bicyclic) bond motifs is 1. The smallest absolute Gasteiger partial charge is 0.307 e. The minimum atomic E-state index is -1.08. The summed E-state index contributed by atoms with van der Waals surface area (Å²) >= 11 is 6.03. The first-order valence-corrected chi connectivity index (χ1v) is 7.45. The van der Waals surface area contributed by atoms with E-state index in [1.807, 2.05) is 30.3 Å². The van der Waals surface area contributed by atoms with Crippen molar-refractivity contribution in [2.45, 2.75) is 19.1 Å². The van der Waals surface area contributed by atoms with Gasteiger partial charge in [-0.2, -0.15) is 0 Å². The van der Waals surface area contributed by atoms with Crippen LogP contribution in [0.4, 0.5) is 5.69 Å². The normalized spacial score (nSPS) is 16.7. The zero-order valence-electron chi connectivity index (χ0n) is 12.1. The van der Waals surface area contributed by atoms with Crippen LogP contribution < -0.4 is 9.64 Å². The number of carboxylic acid groups (broad SMARTS) is 1. The summed E-state index contributed by atoms with van der Waals surface area (Å²) in [5.74, 6) is -1.01. The molecule has 3 rings (SSSR count). The third-order valence-corrected chi connectivity index (χ3v) is 3.80. The van der Waals surface area contributed by atoms with Crippen LogP contribution in [0.3, 0.4) is 0 Å². The highest BCUT2D eigenvalue weighted by Gasteiger charge is 2.35. The lowest BCUT2D eigenvalue weighted by Gasteiger charge is -2.34. The number of hydrogen-bond acceptors (Lipinski definition) is 3. The summed E-state index contributed by atoms with van der Waals surface area (Å²) in [7, 11) is 0. The largest absolute Gasteiger partial charge is 0.481 e. The fourth-order valence-corrected chi connectivity index (χ4v) is 2.68. The molecular weight excluding hydrogens is 318 g/mol. The van der Waals surface area contributed by atoms with Gasteiger partial charge in [0.1, 0.15) is 5.75 Å². The van der Waals surface area contributed by atoms with Gasteiger partial charge in [-0.3, -0.25) is 9.59 Å². The summed E-state index contributed by atoms with van der Waals surface area (Å²) in [6, 6.07) is 14.4. The van der Waals surface area contributed by atoms with Gasteiger partial charge in [-0.05, 0) is 23.8 Å². The fourth-order valence-electron chi connectivity index (χ4n) is 2.51. The molecule has 0 aliphatic carbocycles. The summed E-state index contributed by atoms with van der Waals surface area (Å²) in [6.45, 7) is 0.326. The van der Waals surface area contributed by atoms with E-state index in [0.717, 1.165) is 5.56 Å². The molecule has 2 aromatic rings. The third-order valence-electron chi connectivity index (χ3n) is 3.57. The number of halogens is 1. The molecule has 0 radical (unpaired) electrons. The molecule has 2 aromatic carbocycles. The maximum atomic E-state index is 12.6. The molecule has 1 N–H and O–H groups in total. The maximum absolute atomic E-state index is 12.6. The number of benzene rings is 2. The molecule has 1 amide bonds. The third kappa shape index (κ3) is 3.29.